The van der Waals surface area contributed by atoms with Crippen molar-refractivity contribution in [1.82, 2.24) is 0 Å². The zero-order valence-electron chi connectivity index (χ0n) is 4.26. The Morgan fingerprint density at radius 1 is 1.71 bits per heavy atom. The first-order valence-electron chi connectivity index (χ1n) is 2.21. The lowest BCUT2D eigenvalue weighted by atomic mass is 10.5. The van der Waals surface area contributed by atoms with Crippen molar-refractivity contribution in [1.29, 1.82) is 0 Å². The molecule has 2 heteroatoms. The van der Waals surface area contributed by atoms with E-state index in [-0.39, 0.29) is 6.79 Å². The first-order valence-corrected chi connectivity index (χ1v) is 2.21. The van der Waals surface area contributed by atoms with Gasteiger partial charge in [-0.05, 0) is 6.42 Å². The van der Waals surface area contributed by atoms with Crippen LogP contribution in [-0.4, -0.2) is 18.5 Å². The topological polar surface area (TPSA) is 29.5 Å². The monoisotopic (exact) mass is 102 g/mol. The minimum atomic E-state index is -0.187. The summed E-state index contributed by atoms with van der Waals surface area (Å²) in [5.74, 6) is 0. The molecule has 0 aliphatic heterocycles. The lowest BCUT2D eigenvalue weighted by Crippen LogP contribution is -1.92. The maximum Gasteiger partial charge on any atom is 0.143 e. The second-order valence-corrected chi connectivity index (χ2v) is 1.11. The fourth-order valence-corrected chi connectivity index (χ4v) is 0.231. The summed E-state index contributed by atoms with van der Waals surface area (Å²) in [5, 5.41) is 8.04. The Labute approximate surface area is 43.4 Å². The zero-order valence-corrected chi connectivity index (χ0v) is 4.26. The summed E-state index contributed by atoms with van der Waals surface area (Å²) in [4.78, 5) is 0. The Bertz CT molecular complexity index is 43.3. The fraction of sp³-hybridized carbons (Fsp3) is 0.600. The van der Waals surface area contributed by atoms with Gasteiger partial charge in [-0.15, -0.1) is 6.58 Å². The number of aliphatic hydroxyl groups is 1. The summed E-state index contributed by atoms with van der Waals surface area (Å²) in [7, 11) is 0. The van der Waals surface area contributed by atoms with Crippen LogP contribution in [0.4, 0.5) is 0 Å². The van der Waals surface area contributed by atoms with Crippen LogP contribution in [0, 0.1) is 0 Å². The zero-order chi connectivity index (χ0) is 5.54. The molecule has 2 nitrogen and oxygen atoms in total. The molecular formula is C5H10O2. The SMILES string of the molecule is C=CCCOCO. The molecule has 0 aliphatic rings. The molecule has 0 radical (unpaired) electrons. The van der Waals surface area contributed by atoms with E-state index in [0.717, 1.165) is 6.42 Å². The maximum atomic E-state index is 8.04. The Hall–Kier alpha value is -0.340. The van der Waals surface area contributed by atoms with Gasteiger partial charge in [-0.2, -0.15) is 0 Å². The Kier molecular flexibility index (Phi) is 5.39. The van der Waals surface area contributed by atoms with E-state index < -0.39 is 0 Å². The average Bonchev–Trinajstić information content (AvgIpc) is 1.69. The quantitative estimate of drug-likeness (QED) is 0.319. The molecule has 0 amide bonds. The average molecular weight is 102 g/mol. The van der Waals surface area contributed by atoms with Gasteiger partial charge in [-0.25, -0.2) is 0 Å². The number of hydrogen-bond donors (Lipinski definition) is 1. The number of hydrogen-bond acceptors (Lipinski definition) is 2. The summed E-state index contributed by atoms with van der Waals surface area (Å²) in [6.45, 7) is 3.85. The molecule has 0 aliphatic carbocycles. The minimum absolute atomic E-state index is 0.187. The van der Waals surface area contributed by atoms with E-state index in [1.807, 2.05) is 0 Å². The third kappa shape index (κ3) is 5.66. The Morgan fingerprint density at radius 3 is 2.86 bits per heavy atom. The Morgan fingerprint density at radius 2 is 2.43 bits per heavy atom. The van der Waals surface area contributed by atoms with Crippen molar-refractivity contribution in [3.8, 4) is 0 Å². The van der Waals surface area contributed by atoms with E-state index in [4.69, 9.17) is 5.11 Å². The van der Waals surface area contributed by atoms with Crippen LogP contribution in [0.15, 0.2) is 12.7 Å². The minimum Gasteiger partial charge on any atom is -0.371 e. The molecule has 42 valence electrons. The highest BCUT2D eigenvalue weighted by molar-refractivity contribution is 4.64. The van der Waals surface area contributed by atoms with Crippen LogP contribution in [-0.2, 0) is 4.74 Å². The van der Waals surface area contributed by atoms with Crippen molar-refractivity contribution < 1.29 is 9.84 Å². The summed E-state index contributed by atoms with van der Waals surface area (Å²) in [6, 6.07) is 0. The van der Waals surface area contributed by atoms with Gasteiger partial charge in [0.15, 0.2) is 0 Å². The molecule has 0 saturated carbocycles. The van der Waals surface area contributed by atoms with Crippen LogP contribution < -0.4 is 0 Å². The molecule has 0 aromatic rings. The molecule has 0 rings (SSSR count). The molecule has 0 fully saturated rings. The van der Waals surface area contributed by atoms with Crippen LogP contribution >= 0.6 is 0 Å². The molecule has 0 aromatic heterocycles. The van der Waals surface area contributed by atoms with Gasteiger partial charge in [-0.1, -0.05) is 6.08 Å². The normalized spacial score (nSPS) is 8.71. The molecule has 1 N–H and O–H groups in total. The molecule has 0 aromatic carbocycles. The predicted molar refractivity (Wildman–Crippen MR) is 27.9 cm³/mol. The molecule has 0 unspecified atom stereocenters. The number of ether oxygens (including phenoxy) is 1. The molecular weight excluding hydrogens is 92.1 g/mol. The number of aliphatic hydroxyl groups excluding tert-OH is 1. The third-order valence-corrected chi connectivity index (χ3v) is 0.558. The molecule has 0 spiro atoms. The van der Waals surface area contributed by atoms with E-state index in [9.17, 15) is 0 Å². The van der Waals surface area contributed by atoms with Crippen LogP contribution in [0.5, 0.6) is 0 Å². The van der Waals surface area contributed by atoms with E-state index in [1.165, 1.54) is 0 Å². The molecule has 0 saturated heterocycles. The van der Waals surface area contributed by atoms with Gasteiger partial charge < -0.3 is 9.84 Å². The van der Waals surface area contributed by atoms with Crippen molar-refractivity contribution in [2.24, 2.45) is 0 Å². The van der Waals surface area contributed by atoms with E-state index in [0.29, 0.717) is 6.61 Å². The van der Waals surface area contributed by atoms with Gasteiger partial charge in [-0.3, -0.25) is 0 Å². The van der Waals surface area contributed by atoms with Crippen molar-refractivity contribution in [2.45, 2.75) is 6.42 Å². The van der Waals surface area contributed by atoms with Crippen molar-refractivity contribution in [2.75, 3.05) is 13.4 Å². The standard InChI is InChI=1S/C5H10O2/c1-2-3-4-7-5-6/h2,6H,1,3-5H2. The summed E-state index contributed by atoms with van der Waals surface area (Å²) in [5.41, 5.74) is 0. The van der Waals surface area contributed by atoms with E-state index in [1.54, 1.807) is 6.08 Å². The van der Waals surface area contributed by atoms with Gasteiger partial charge in [0.05, 0.1) is 6.61 Å². The third-order valence-electron chi connectivity index (χ3n) is 0.558. The van der Waals surface area contributed by atoms with E-state index in [2.05, 4.69) is 11.3 Å². The molecule has 0 bridgehead atoms. The lowest BCUT2D eigenvalue weighted by molar-refractivity contribution is 0.00101. The van der Waals surface area contributed by atoms with Gasteiger partial charge in [0.2, 0.25) is 0 Å². The summed E-state index contributed by atoms with van der Waals surface area (Å²) in [6.07, 6.45) is 2.55. The number of rotatable bonds is 4. The highest BCUT2D eigenvalue weighted by atomic mass is 16.6. The largest absolute Gasteiger partial charge is 0.371 e. The molecule has 7 heavy (non-hydrogen) atoms. The summed E-state index contributed by atoms with van der Waals surface area (Å²) < 4.78 is 4.56. The van der Waals surface area contributed by atoms with Gasteiger partial charge in [0.25, 0.3) is 0 Å². The van der Waals surface area contributed by atoms with Crippen LogP contribution in [0.25, 0.3) is 0 Å². The second kappa shape index (κ2) is 5.66. The molecule has 0 heterocycles. The second-order valence-electron chi connectivity index (χ2n) is 1.11. The Balaban J connectivity index is 2.56. The summed E-state index contributed by atoms with van der Waals surface area (Å²) >= 11 is 0. The van der Waals surface area contributed by atoms with Crippen LogP contribution in [0.3, 0.4) is 0 Å². The van der Waals surface area contributed by atoms with E-state index >= 15 is 0 Å². The highest BCUT2D eigenvalue weighted by Crippen LogP contribution is 1.78. The van der Waals surface area contributed by atoms with Crippen LogP contribution in [0.2, 0.25) is 0 Å². The molecule has 0 atom stereocenters. The van der Waals surface area contributed by atoms with Gasteiger partial charge in [0, 0.05) is 0 Å². The van der Waals surface area contributed by atoms with Crippen molar-refractivity contribution in [3.63, 3.8) is 0 Å². The maximum absolute atomic E-state index is 8.04. The van der Waals surface area contributed by atoms with Gasteiger partial charge >= 0.3 is 0 Å². The van der Waals surface area contributed by atoms with Crippen LogP contribution in [0.1, 0.15) is 6.42 Å². The van der Waals surface area contributed by atoms with Crippen molar-refractivity contribution >= 4 is 0 Å². The fourth-order valence-electron chi connectivity index (χ4n) is 0.231. The highest BCUT2D eigenvalue weighted by Gasteiger charge is 1.76. The lowest BCUT2D eigenvalue weighted by Gasteiger charge is -1.91. The predicted octanol–water partition coefficient (Wildman–Crippen LogP) is 0.529. The first kappa shape index (κ1) is 6.66. The van der Waals surface area contributed by atoms with Gasteiger partial charge in [0.1, 0.15) is 6.79 Å². The van der Waals surface area contributed by atoms with Crippen molar-refractivity contribution in [3.05, 3.63) is 12.7 Å². The first-order chi connectivity index (χ1) is 3.41. The smallest absolute Gasteiger partial charge is 0.143 e.